The summed E-state index contributed by atoms with van der Waals surface area (Å²) in [5.41, 5.74) is 0.904. The van der Waals surface area contributed by atoms with Crippen LogP contribution in [-0.2, 0) is 9.53 Å². The first kappa shape index (κ1) is 21.3. The SMILES string of the molecule is CCOC(=O)C1CCCN(C(=O)c2cc(-c3ccco3)nn2-c2cccc([N+](=O)[O-])c2)C1. The summed E-state index contributed by atoms with van der Waals surface area (Å²) in [6.45, 7) is 2.77. The summed E-state index contributed by atoms with van der Waals surface area (Å²) in [6.07, 6.45) is 2.83. The van der Waals surface area contributed by atoms with Crippen LogP contribution >= 0.6 is 0 Å². The number of benzene rings is 1. The summed E-state index contributed by atoms with van der Waals surface area (Å²) in [7, 11) is 0. The van der Waals surface area contributed by atoms with Gasteiger partial charge in [-0.15, -0.1) is 0 Å². The summed E-state index contributed by atoms with van der Waals surface area (Å²) in [4.78, 5) is 38.0. The monoisotopic (exact) mass is 438 g/mol. The number of carbonyl (C=O) groups excluding carboxylic acids is 2. The van der Waals surface area contributed by atoms with E-state index in [2.05, 4.69) is 5.10 Å². The standard InChI is InChI=1S/C22H22N4O6/c1-2-31-22(28)15-6-4-10-24(14-15)21(27)19-13-18(20-9-5-11-32-20)23-25(19)16-7-3-8-17(12-16)26(29)30/h3,5,7-9,11-13,15H,2,4,6,10,14H2,1H3. The molecule has 4 rings (SSSR count). The molecule has 166 valence electrons. The van der Waals surface area contributed by atoms with Gasteiger partial charge in [0.15, 0.2) is 5.76 Å². The van der Waals surface area contributed by atoms with Gasteiger partial charge in [0.05, 0.1) is 29.4 Å². The van der Waals surface area contributed by atoms with Gasteiger partial charge in [-0.25, -0.2) is 4.68 Å². The van der Waals surface area contributed by atoms with Crippen LogP contribution in [0.5, 0.6) is 0 Å². The third-order valence-corrected chi connectivity index (χ3v) is 5.32. The molecule has 1 fully saturated rings. The molecule has 1 unspecified atom stereocenters. The summed E-state index contributed by atoms with van der Waals surface area (Å²) < 4.78 is 11.9. The zero-order chi connectivity index (χ0) is 22.7. The van der Waals surface area contributed by atoms with Crippen LogP contribution in [0.4, 0.5) is 5.69 Å². The number of nitro groups is 1. The molecule has 3 aromatic rings. The number of likely N-dealkylation sites (tertiary alicyclic amines) is 1. The van der Waals surface area contributed by atoms with Crippen molar-refractivity contribution in [2.24, 2.45) is 5.92 Å². The second-order valence-corrected chi connectivity index (χ2v) is 7.42. The van der Waals surface area contributed by atoms with E-state index >= 15 is 0 Å². The fourth-order valence-electron chi connectivity index (χ4n) is 3.79. The van der Waals surface area contributed by atoms with Crippen LogP contribution in [0.25, 0.3) is 17.1 Å². The minimum absolute atomic E-state index is 0.115. The molecule has 0 bridgehead atoms. The molecule has 1 aliphatic rings. The summed E-state index contributed by atoms with van der Waals surface area (Å²) >= 11 is 0. The molecule has 0 radical (unpaired) electrons. The highest BCUT2D eigenvalue weighted by molar-refractivity contribution is 5.94. The van der Waals surface area contributed by atoms with Gasteiger partial charge in [0.25, 0.3) is 11.6 Å². The highest BCUT2D eigenvalue weighted by atomic mass is 16.6. The molecule has 0 spiro atoms. The van der Waals surface area contributed by atoms with Crippen molar-refractivity contribution in [3.8, 4) is 17.1 Å². The molecule has 0 N–H and O–H groups in total. The molecule has 3 heterocycles. The Labute approximate surface area is 183 Å². The van der Waals surface area contributed by atoms with Gasteiger partial charge in [-0.3, -0.25) is 19.7 Å². The van der Waals surface area contributed by atoms with Crippen molar-refractivity contribution < 1.29 is 23.7 Å². The molecule has 1 atom stereocenters. The Kier molecular flexibility index (Phi) is 6.02. The smallest absolute Gasteiger partial charge is 0.310 e. The number of furan rings is 1. The van der Waals surface area contributed by atoms with Crippen molar-refractivity contribution in [2.75, 3.05) is 19.7 Å². The number of piperidine rings is 1. The summed E-state index contributed by atoms with van der Waals surface area (Å²) in [6, 6.07) is 10.9. The summed E-state index contributed by atoms with van der Waals surface area (Å²) in [5.74, 6) is -0.554. The maximum Gasteiger partial charge on any atom is 0.310 e. The fourth-order valence-corrected chi connectivity index (χ4v) is 3.79. The van der Waals surface area contributed by atoms with Crippen LogP contribution in [0, 0.1) is 16.0 Å². The quantitative estimate of drug-likeness (QED) is 0.328. The van der Waals surface area contributed by atoms with E-state index in [0.717, 1.165) is 0 Å². The highest BCUT2D eigenvalue weighted by Crippen LogP contribution is 2.26. The molecule has 0 saturated carbocycles. The number of amides is 1. The van der Waals surface area contributed by atoms with Crippen molar-refractivity contribution >= 4 is 17.6 Å². The van der Waals surface area contributed by atoms with Crippen LogP contribution in [0.3, 0.4) is 0 Å². The average molecular weight is 438 g/mol. The molecule has 2 aromatic heterocycles. The Bertz CT molecular complexity index is 1140. The highest BCUT2D eigenvalue weighted by Gasteiger charge is 2.32. The number of esters is 1. The number of hydrogen-bond donors (Lipinski definition) is 0. The van der Waals surface area contributed by atoms with Crippen LogP contribution in [0.2, 0.25) is 0 Å². The van der Waals surface area contributed by atoms with Gasteiger partial charge in [0, 0.05) is 31.3 Å². The van der Waals surface area contributed by atoms with Gasteiger partial charge in [0.2, 0.25) is 0 Å². The lowest BCUT2D eigenvalue weighted by molar-refractivity contribution is -0.384. The third kappa shape index (κ3) is 4.25. The maximum atomic E-state index is 13.5. The van der Waals surface area contributed by atoms with Crippen molar-refractivity contribution in [1.82, 2.24) is 14.7 Å². The van der Waals surface area contributed by atoms with Crippen molar-refractivity contribution in [2.45, 2.75) is 19.8 Å². The molecule has 1 aliphatic heterocycles. The first-order chi connectivity index (χ1) is 15.5. The topological polar surface area (TPSA) is 121 Å². The molecule has 0 aliphatic carbocycles. The Morgan fingerprint density at radius 3 is 2.84 bits per heavy atom. The van der Waals surface area contributed by atoms with Crippen LogP contribution < -0.4 is 0 Å². The van der Waals surface area contributed by atoms with E-state index in [1.165, 1.54) is 29.1 Å². The van der Waals surface area contributed by atoms with E-state index in [4.69, 9.17) is 9.15 Å². The van der Waals surface area contributed by atoms with E-state index in [1.807, 2.05) is 0 Å². The van der Waals surface area contributed by atoms with Gasteiger partial charge in [-0.1, -0.05) is 6.07 Å². The average Bonchev–Trinajstić information content (AvgIpc) is 3.49. The number of non-ortho nitro benzene ring substituents is 1. The van der Waals surface area contributed by atoms with Gasteiger partial charge in [-0.05, 0) is 38.0 Å². The number of ether oxygens (including phenoxy) is 1. The largest absolute Gasteiger partial charge is 0.466 e. The number of aromatic nitrogens is 2. The van der Waals surface area contributed by atoms with Gasteiger partial charge < -0.3 is 14.1 Å². The van der Waals surface area contributed by atoms with Crippen LogP contribution in [-0.4, -0.2) is 51.2 Å². The Balaban J connectivity index is 1.71. The van der Waals surface area contributed by atoms with Crippen LogP contribution in [0.15, 0.2) is 53.1 Å². The Morgan fingerprint density at radius 2 is 2.12 bits per heavy atom. The zero-order valence-electron chi connectivity index (χ0n) is 17.5. The predicted octanol–water partition coefficient (Wildman–Crippen LogP) is 3.46. The van der Waals surface area contributed by atoms with E-state index in [1.54, 1.807) is 36.1 Å². The van der Waals surface area contributed by atoms with E-state index in [0.29, 0.717) is 36.5 Å². The van der Waals surface area contributed by atoms with Crippen LogP contribution in [0.1, 0.15) is 30.3 Å². The van der Waals surface area contributed by atoms with E-state index in [9.17, 15) is 19.7 Å². The summed E-state index contributed by atoms with van der Waals surface area (Å²) in [5, 5.41) is 15.7. The minimum atomic E-state index is -0.503. The second-order valence-electron chi connectivity index (χ2n) is 7.42. The molecule has 10 nitrogen and oxygen atoms in total. The molecule has 1 aromatic carbocycles. The minimum Gasteiger partial charge on any atom is -0.466 e. The molecular formula is C22H22N4O6. The number of carbonyl (C=O) groups is 2. The zero-order valence-corrected chi connectivity index (χ0v) is 17.5. The fraction of sp³-hybridized carbons (Fsp3) is 0.318. The molecule has 10 heteroatoms. The van der Waals surface area contributed by atoms with Crippen molar-refractivity contribution in [3.05, 3.63) is 64.5 Å². The van der Waals surface area contributed by atoms with E-state index < -0.39 is 4.92 Å². The molecule has 1 amide bonds. The number of nitrogens with zero attached hydrogens (tertiary/aromatic N) is 4. The number of nitro benzene ring substituents is 1. The van der Waals surface area contributed by atoms with Crippen molar-refractivity contribution in [3.63, 3.8) is 0 Å². The van der Waals surface area contributed by atoms with Gasteiger partial charge in [0.1, 0.15) is 11.4 Å². The molecular weight excluding hydrogens is 416 g/mol. The van der Waals surface area contributed by atoms with Gasteiger partial charge >= 0.3 is 5.97 Å². The third-order valence-electron chi connectivity index (χ3n) is 5.32. The normalized spacial score (nSPS) is 16.0. The molecule has 1 saturated heterocycles. The lowest BCUT2D eigenvalue weighted by Crippen LogP contribution is -2.43. The van der Waals surface area contributed by atoms with Crippen molar-refractivity contribution in [1.29, 1.82) is 0 Å². The maximum absolute atomic E-state index is 13.5. The first-order valence-corrected chi connectivity index (χ1v) is 10.3. The second kappa shape index (κ2) is 9.04. The Morgan fingerprint density at radius 1 is 1.28 bits per heavy atom. The lowest BCUT2D eigenvalue weighted by atomic mass is 9.98. The number of rotatable bonds is 6. The first-order valence-electron chi connectivity index (χ1n) is 10.3. The predicted molar refractivity (Wildman–Crippen MR) is 113 cm³/mol. The lowest BCUT2D eigenvalue weighted by Gasteiger charge is -2.31. The van der Waals surface area contributed by atoms with Gasteiger partial charge in [-0.2, -0.15) is 5.10 Å². The van der Waals surface area contributed by atoms with E-state index in [-0.39, 0.29) is 42.3 Å². The molecule has 32 heavy (non-hydrogen) atoms. The Hall–Kier alpha value is -3.95. The number of hydrogen-bond acceptors (Lipinski definition) is 7.